The van der Waals surface area contributed by atoms with Gasteiger partial charge < -0.3 is 10.1 Å². The summed E-state index contributed by atoms with van der Waals surface area (Å²) in [6, 6.07) is 0. The number of alkyl carbamates (subject to hydrolysis) is 1. The molecule has 1 N–H and O–H groups in total. The smallest absolute Gasteiger partial charge is 0.411 e. The van der Waals surface area contributed by atoms with Crippen molar-refractivity contribution in [2.75, 3.05) is 19.1 Å². The Morgan fingerprint density at radius 3 is 3.00 bits per heavy atom. The lowest BCUT2D eigenvalue weighted by molar-refractivity contribution is 0.188. The van der Waals surface area contributed by atoms with Crippen molar-refractivity contribution < 1.29 is 9.53 Å². The maximum atomic E-state index is 10.4. The monoisotopic (exact) mass is 161 g/mol. The van der Waals surface area contributed by atoms with Crippen molar-refractivity contribution >= 4 is 17.9 Å². The Hall–Kier alpha value is -0.640. The minimum atomic E-state index is -0.433. The van der Waals surface area contributed by atoms with E-state index >= 15 is 0 Å². The number of hydrogen-bond donors (Lipinski definition) is 1. The highest BCUT2D eigenvalue weighted by Gasteiger charge is 1.89. The molecule has 0 aliphatic carbocycles. The Morgan fingerprint density at radius 1 is 1.80 bits per heavy atom. The number of rotatable bonds is 3. The van der Waals surface area contributed by atoms with Crippen LogP contribution < -0.4 is 5.32 Å². The molecule has 0 aromatic rings. The van der Waals surface area contributed by atoms with Gasteiger partial charge in [0, 0.05) is 12.8 Å². The molecule has 0 bridgehead atoms. The van der Waals surface area contributed by atoms with Crippen LogP contribution in [0.4, 0.5) is 4.79 Å². The van der Waals surface area contributed by atoms with Crippen LogP contribution in [-0.4, -0.2) is 25.1 Å². The van der Waals surface area contributed by atoms with Crippen molar-refractivity contribution in [3.63, 3.8) is 0 Å². The summed E-state index contributed by atoms with van der Waals surface area (Å²) in [7, 11) is 1.52. The van der Waals surface area contributed by atoms with Crippen LogP contribution >= 0.6 is 11.8 Å². The third-order valence-electron chi connectivity index (χ3n) is 0.738. The summed E-state index contributed by atoms with van der Waals surface area (Å²) in [4.78, 5) is 10.4. The highest BCUT2D eigenvalue weighted by Crippen LogP contribution is 1.91. The molecular formula is C6H11NO2S. The first-order valence-corrected chi connectivity index (χ1v) is 4.23. The highest BCUT2D eigenvalue weighted by atomic mass is 32.2. The Bertz CT molecular complexity index is 125. The van der Waals surface area contributed by atoms with E-state index in [1.54, 1.807) is 17.8 Å². The molecule has 0 saturated carbocycles. The summed E-state index contributed by atoms with van der Waals surface area (Å²) in [5.41, 5.74) is 0. The lowest BCUT2D eigenvalue weighted by Gasteiger charge is -1.94. The second kappa shape index (κ2) is 6.48. The molecule has 0 atom stereocenters. The molecule has 0 heterocycles. The number of nitrogens with one attached hydrogen (secondary N) is 1. The third kappa shape index (κ3) is 5.50. The molecule has 0 aliphatic heterocycles. The molecule has 58 valence electrons. The molecule has 0 aromatic heterocycles. The van der Waals surface area contributed by atoms with Gasteiger partial charge >= 0.3 is 6.09 Å². The predicted molar refractivity (Wildman–Crippen MR) is 43.1 cm³/mol. The van der Waals surface area contributed by atoms with E-state index in [1.165, 1.54) is 13.3 Å². The Morgan fingerprint density at radius 2 is 2.50 bits per heavy atom. The standard InChI is InChI=1S/C6H11NO2S/c1-7-6(8)9-4-3-5-10-2/h3-4H,5H2,1-2H3,(H,7,8)/b4-3+. The summed E-state index contributed by atoms with van der Waals surface area (Å²) >= 11 is 1.66. The van der Waals surface area contributed by atoms with Gasteiger partial charge in [0.05, 0.1) is 6.26 Å². The van der Waals surface area contributed by atoms with Gasteiger partial charge in [-0.3, -0.25) is 0 Å². The summed E-state index contributed by atoms with van der Waals surface area (Å²) < 4.78 is 4.55. The summed E-state index contributed by atoms with van der Waals surface area (Å²) in [6.07, 6.45) is 4.71. The van der Waals surface area contributed by atoms with Crippen LogP contribution in [0, 0.1) is 0 Å². The Kier molecular flexibility index (Phi) is 6.06. The number of carbonyl (C=O) groups excluding carboxylic acids is 1. The molecule has 0 spiro atoms. The van der Waals surface area contributed by atoms with Gasteiger partial charge in [0.15, 0.2) is 0 Å². The maximum Gasteiger partial charge on any atom is 0.411 e. The van der Waals surface area contributed by atoms with Crippen LogP contribution in [0.3, 0.4) is 0 Å². The predicted octanol–water partition coefficient (Wildman–Crippen LogP) is 1.22. The molecule has 0 unspecified atom stereocenters. The molecule has 3 nitrogen and oxygen atoms in total. The average molecular weight is 161 g/mol. The third-order valence-corrected chi connectivity index (χ3v) is 1.26. The van der Waals surface area contributed by atoms with Crippen molar-refractivity contribution in [2.45, 2.75) is 0 Å². The number of hydrogen-bond acceptors (Lipinski definition) is 3. The fourth-order valence-corrected chi connectivity index (χ4v) is 0.575. The van der Waals surface area contributed by atoms with Gasteiger partial charge in [-0.1, -0.05) is 0 Å². The van der Waals surface area contributed by atoms with E-state index in [-0.39, 0.29) is 0 Å². The number of ether oxygens (including phenoxy) is 1. The van der Waals surface area contributed by atoms with Crippen molar-refractivity contribution in [2.24, 2.45) is 0 Å². The average Bonchev–Trinajstić information content (AvgIpc) is 1.98. The first-order chi connectivity index (χ1) is 4.81. The van der Waals surface area contributed by atoms with Crippen LogP contribution in [0.15, 0.2) is 12.3 Å². The van der Waals surface area contributed by atoms with Crippen molar-refractivity contribution in [1.82, 2.24) is 5.32 Å². The Labute approximate surface area is 64.8 Å². The van der Waals surface area contributed by atoms with Crippen LogP contribution in [0.25, 0.3) is 0 Å². The lowest BCUT2D eigenvalue weighted by Crippen LogP contribution is -2.16. The molecule has 0 rings (SSSR count). The molecule has 0 aliphatic rings. The van der Waals surface area contributed by atoms with Gasteiger partial charge in [-0.05, 0) is 12.3 Å². The van der Waals surface area contributed by atoms with Crippen molar-refractivity contribution in [1.29, 1.82) is 0 Å². The summed E-state index contributed by atoms with van der Waals surface area (Å²) in [5.74, 6) is 0.858. The van der Waals surface area contributed by atoms with Gasteiger partial charge in [-0.25, -0.2) is 4.79 Å². The van der Waals surface area contributed by atoms with Crippen LogP contribution in [0.1, 0.15) is 0 Å². The fourth-order valence-electron chi connectivity index (χ4n) is 0.304. The van der Waals surface area contributed by atoms with Gasteiger partial charge in [-0.15, -0.1) is 0 Å². The van der Waals surface area contributed by atoms with E-state index in [9.17, 15) is 4.79 Å². The molecular weight excluding hydrogens is 150 g/mol. The van der Waals surface area contributed by atoms with E-state index in [4.69, 9.17) is 0 Å². The zero-order chi connectivity index (χ0) is 7.82. The number of thioether (sulfide) groups is 1. The van der Waals surface area contributed by atoms with Gasteiger partial charge in [0.25, 0.3) is 0 Å². The van der Waals surface area contributed by atoms with E-state index < -0.39 is 6.09 Å². The molecule has 1 amide bonds. The molecule has 10 heavy (non-hydrogen) atoms. The number of amides is 1. The molecule has 0 aromatic carbocycles. The summed E-state index contributed by atoms with van der Waals surface area (Å²) in [5, 5.41) is 2.32. The van der Waals surface area contributed by atoms with Gasteiger partial charge in [0.1, 0.15) is 0 Å². The normalized spacial score (nSPS) is 9.80. The van der Waals surface area contributed by atoms with Crippen LogP contribution in [0.2, 0.25) is 0 Å². The number of carbonyl (C=O) groups is 1. The second-order valence-electron chi connectivity index (χ2n) is 1.48. The fraction of sp³-hybridized carbons (Fsp3) is 0.500. The largest absolute Gasteiger partial charge is 0.419 e. The SMILES string of the molecule is CNC(=O)O/C=C/CSC. The van der Waals surface area contributed by atoms with Crippen molar-refractivity contribution in [3.05, 3.63) is 12.3 Å². The Balaban J connectivity index is 3.25. The minimum absolute atomic E-state index is 0.433. The maximum absolute atomic E-state index is 10.4. The minimum Gasteiger partial charge on any atom is -0.419 e. The van der Waals surface area contributed by atoms with Crippen LogP contribution in [-0.2, 0) is 4.74 Å². The zero-order valence-electron chi connectivity index (χ0n) is 6.09. The van der Waals surface area contributed by atoms with E-state index in [1.807, 2.05) is 6.26 Å². The quantitative estimate of drug-likeness (QED) is 0.632. The van der Waals surface area contributed by atoms with Crippen LogP contribution in [0.5, 0.6) is 0 Å². The van der Waals surface area contributed by atoms with E-state index in [2.05, 4.69) is 10.1 Å². The molecule has 0 radical (unpaired) electrons. The topological polar surface area (TPSA) is 38.3 Å². The molecule has 4 heteroatoms. The van der Waals surface area contributed by atoms with Gasteiger partial charge in [0.2, 0.25) is 0 Å². The van der Waals surface area contributed by atoms with Gasteiger partial charge in [-0.2, -0.15) is 11.8 Å². The molecule has 0 fully saturated rings. The molecule has 0 saturated heterocycles. The highest BCUT2D eigenvalue weighted by molar-refractivity contribution is 7.98. The second-order valence-corrected chi connectivity index (χ2v) is 2.39. The zero-order valence-corrected chi connectivity index (χ0v) is 6.90. The first-order valence-electron chi connectivity index (χ1n) is 2.83. The van der Waals surface area contributed by atoms with Crippen molar-refractivity contribution in [3.8, 4) is 0 Å². The summed E-state index contributed by atoms with van der Waals surface area (Å²) in [6.45, 7) is 0. The van der Waals surface area contributed by atoms with E-state index in [0.717, 1.165) is 5.75 Å². The van der Waals surface area contributed by atoms with E-state index in [0.29, 0.717) is 0 Å². The first kappa shape index (κ1) is 9.36. The lowest BCUT2D eigenvalue weighted by atomic mass is 10.7.